The highest BCUT2D eigenvalue weighted by Crippen LogP contribution is 2.22. The Morgan fingerprint density at radius 2 is 2.25 bits per heavy atom. The number of benzene rings is 1. The SMILES string of the molecule is CCCN(C(=O)c1ccccc1[N+](=O)[O-])C1CCNC1. The molecule has 1 atom stereocenters. The zero-order valence-corrected chi connectivity index (χ0v) is 11.5. The summed E-state index contributed by atoms with van der Waals surface area (Å²) in [5, 5.41) is 14.3. The van der Waals surface area contributed by atoms with Crippen LogP contribution in [0.4, 0.5) is 5.69 Å². The Bertz CT molecular complexity index is 498. The van der Waals surface area contributed by atoms with E-state index in [-0.39, 0.29) is 23.2 Å². The minimum atomic E-state index is -0.496. The van der Waals surface area contributed by atoms with E-state index >= 15 is 0 Å². The highest BCUT2D eigenvalue weighted by Gasteiger charge is 2.30. The van der Waals surface area contributed by atoms with Crippen LogP contribution < -0.4 is 5.32 Å². The van der Waals surface area contributed by atoms with Gasteiger partial charge in [0.1, 0.15) is 5.56 Å². The van der Waals surface area contributed by atoms with Crippen molar-refractivity contribution < 1.29 is 9.72 Å². The Balaban J connectivity index is 2.29. The molecule has 1 N–H and O–H groups in total. The maximum absolute atomic E-state index is 12.6. The summed E-state index contributed by atoms with van der Waals surface area (Å²) in [5.74, 6) is -0.243. The maximum Gasteiger partial charge on any atom is 0.282 e. The zero-order chi connectivity index (χ0) is 14.5. The summed E-state index contributed by atoms with van der Waals surface area (Å²) in [7, 11) is 0. The van der Waals surface area contributed by atoms with Crippen LogP contribution in [-0.2, 0) is 0 Å². The van der Waals surface area contributed by atoms with Crippen LogP contribution in [0.1, 0.15) is 30.1 Å². The van der Waals surface area contributed by atoms with Gasteiger partial charge in [-0.1, -0.05) is 19.1 Å². The van der Waals surface area contributed by atoms with Crippen molar-refractivity contribution in [3.05, 3.63) is 39.9 Å². The van der Waals surface area contributed by atoms with E-state index in [2.05, 4.69) is 5.32 Å². The van der Waals surface area contributed by atoms with Crippen molar-refractivity contribution in [1.82, 2.24) is 10.2 Å². The van der Waals surface area contributed by atoms with Gasteiger partial charge in [-0.3, -0.25) is 14.9 Å². The molecule has 1 aromatic rings. The molecule has 1 heterocycles. The molecule has 2 rings (SSSR count). The molecule has 108 valence electrons. The fourth-order valence-electron chi connectivity index (χ4n) is 2.56. The monoisotopic (exact) mass is 277 g/mol. The number of nitrogens with one attached hydrogen (secondary N) is 1. The van der Waals surface area contributed by atoms with E-state index in [0.29, 0.717) is 6.54 Å². The van der Waals surface area contributed by atoms with Crippen LogP contribution in [0.15, 0.2) is 24.3 Å². The normalized spacial score (nSPS) is 17.9. The lowest BCUT2D eigenvalue weighted by molar-refractivity contribution is -0.385. The van der Waals surface area contributed by atoms with E-state index in [0.717, 1.165) is 25.9 Å². The van der Waals surface area contributed by atoms with E-state index in [4.69, 9.17) is 0 Å². The topological polar surface area (TPSA) is 75.5 Å². The molecule has 6 heteroatoms. The fraction of sp³-hybridized carbons (Fsp3) is 0.500. The minimum absolute atomic E-state index is 0.121. The molecule has 0 spiro atoms. The van der Waals surface area contributed by atoms with E-state index in [1.807, 2.05) is 6.92 Å². The van der Waals surface area contributed by atoms with Crippen molar-refractivity contribution in [1.29, 1.82) is 0 Å². The Hall–Kier alpha value is -1.95. The molecule has 1 unspecified atom stereocenters. The van der Waals surface area contributed by atoms with Crippen LogP contribution in [0.5, 0.6) is 0 Å². The van der Waals surface area contributed by atoms with Gasteiger partial charge in [-0.2, -0.15) is 0 Å². The quantitative estimate of drug-likeness (QED) is 0.658. The molecule has 1 aliphatic heterocycles. The first kappa shape index (κ1) is 14.5. The van der Waals surface area contributed by atoms with Crippen LogP contribution >= 0.6 is 0 Å². The van der Waals surface area contributed by atoms with Crippen LogP contribution in [0.2, 0.25) is 0 Å². The average molecular weight is 277 g/mol. The van der Waals surface area contributed by atoms with Crippen molar-refractivity contribution in [2.24, 2.45) is 0 Å². The summed E-state index contributed by atoms with van der Waals surface area (Å²) in [5.41, 5.74) is 0.0578. The molecule has 0 aliphatic carbocycles. The average Bonchev–Trinajstić information content (AvgIpc) is 2.98. The van der Waals surface area contributed by atoms with Crippen molar-refractivity contribution >= 4 is 11.6 Å². The second-order valence-electron chi connectivity index (χ2n) is 4.92. The van der Waals surface area contributed by atoms with Crippen LogP contribution in [0.3, 0.4) is 0 Å². The van der Waals surface area contributed by atoms with Gasteiger partial charge in [0, 0.05) is 25.2 Å². The van der Waals surface area contributed by atoms with Gasteiger partial charge >= 0.3 is 0 Å². The molecule has 20 heavy (non-hydrogen) atoms. The van der Waals surface area contributed by atoms with Gasteiger partial charge in [0.2, 0.25) is 0 Å². The number of carbonyl (C=O) groups is 1. The predicted molar refractivity (Wildman–Crippen MR) is 75.7 cm³/mol. The molecule has 1 saturated heterocycles. The largest absolute Gasteiger partial charge is 0.334 e. The maximum atomic E-state index is 12.6. The minimum Gasteiger partial charge on any atom is -0.334 e. The van der Waals surface area contributed by atoms with Crippen molar-refractivity contribution in [3.63, 3.8) is 0 Å². The lowest BCUT2D eigenvalue weighted by Crippen LogP contribution is -2.42. The van der Waals surface area contributed by atoms with Gasteiger partial charge in [0.05, 0.1) is 4.92 Å². The second kappa shape index (κ2) is 6.47. The second-order valence-corrected chi connectivity index (χ2v) is 4.92. The van der Waals surface area contributed by atoms with Gasteiger partial charge in [-0.05, 0) is 25.5 Å². The molecule has 1 aromatic carbocycles. The smallest absolute Gasteiger partial charge is 0.282 e. The molecular weight excluding hydrogens is 258 g/mol. The van der Waals surface area contributed by atoms with Gasteiger partial charge < -0.3 is 10.2 Å². The molecule has 0 bridgehead atoms. The molecule has 1 amide bonds. The molecule has 0 radical (unpaired) electrons. The van der Waals surface area contributed by atoms with Gasteiger partial charge in [-0.15, -0.1) is 0 Å². The molecule has 0 aromatic heterocycles. The zero-order valence-electron chi connectivity index (χ0n) is 11.5. The number of amides is 1. The number of rotatable bonds is 5. The molecule has 1 aliphatic rings. The Morgan fingerprint density at radius 3 is 2.85 bits per heavy atom. The highest BCUT2D eigenvalue weighted by atomic mass is 16.6. The summed E-state index contributed by atoms with van der Waals surface area (Å²) >= 11 is 0. The van der Waals surface area contributed by atoms with E-state index in [1.54, 1.807) is 17.0 Å². The fourth-order valence-corrected chi connectivity index (χ4v) is 2.56. The third-order valence-electron chi connectivity index (χ3n) is 3.53. The summed E-state index contributed by atoms with van der Waals surface area (Å²) in [4.78, 5) is 25.0. The Kier molecular flexibility index (Phi) is 4.68. The van der Waals surface area contributed by atoms with E-state index < -0.39 is 4.92 Å². The summed E-state index contributed by atoms with van der Waals surface area (Å²) in [6.45, 7) is 4.26. The number of nitro benzene ring substituents is 1. The van der Waals surface area contributed by atoms with E-state index in [9.17, 15) is 14.9 Å². The summed E-state index contributed by atoms with van der Waals surface area (Å²) < 4.78 is 0. The highest BCUT2D eigenvalue weighted by molar-refractivity contribution is 5.98. The van der Waals surface area contributed by atoms with Crippen LogP contribution in [0.25, 0.3) is 0 Å². The van der Waals surface area contributed by atoms with Gasteiger partial charge in [-0.25, -0.2) is 0 Å². The lowest BCUT2D eigenvalue weighted by atomic mass is 10.1. The number of para-hydroxylation sites is 1. The van der Waals surface area contributed by atoms with Crippen molar-refractivity contribution in [3.8, 4) is 0 Å². The summed E-state index contributed by atoms with van der Waals surface area (Å²) in [6, 6.07) is 6.28. The first-order chi connectivity index (χ1) is 9.65. The van der Waals surface area contributed by atoms with E-state index in [1.165, 1.54) is 12.1 Å². The third kappa shape index (κ3) is 2.96. The first-order valence-electron chi connectivity index (χ1n) is 6.90. The molecule has 6 nitrogen and oxygen atoms in total. The first-order valence-corrected chi connectivity index (χ1v) is 6.90. The number of nitrogens with zero attached hydrogens (tertiary/aromatic N) is 2. The number of carbonyl (C=O) groups excluding carboxylic acids is 1. The Morgan fingerprint density at radius 1 is 1.50 bits per heavy atom. The van der Waals surface area contributed by atoms with Crippen LogP contribution in [0, 0.1) is 10.1 Å². The van der Waals surface area contributed by atoms with Gasteiger partial charge in [0.15, 0.2) is 0 Å². The molecular formula is C14H19N3O3. The predicted octanol–water partition coefficient (Wildman–Crippen LogP) is 1.81. The van der Waals surface area contributed by atoms with Crippen molar-refractivity contribution in [2.75, 3.05) is 19.6 Å². The number of hydrogen-bond donors (Lipinski definition) is 1. The third-order valence-corrected chi connectivity index (χ3v) is 3.53. The van der Waals surface area contributed by atoms with Crippen LogP contribution in [-0.4, -0.2) is 41.4 Å². The number of nitro groups is 1. The summed E-state index contributed by atoms with van der Waals surface area (Å²) in [6.07, 6.45) is 1.73. The number of hydrogen-bond acceptors (Lipinski definition) is 4. The lowest BCUT2D eigenvalue weighted by Gasteiger charge is -2.28. The van der Waals surface area contributed by atoms with Gasteiger partial charge in [0.25, 0.3) is 11.6 Å². The standard InChI is InChI=1S/C14H19N3O3/c1-2-9-16(11-7-8-15-10-11)14(18)12-5-3-4-6-13(12)17(19)20/h3-6,11,15H,2,7-10H2,1H3. The molecule has 0 saturated carbocycles. The van der Waals surface area contributed by atoms with Crippen molar-refractivity contribution in [2.45, 2.75) is 25.8 Å². The Labute approximate surface area is 117 Å². The molecule has 1 fully saturated rings.